The van der Waals surface area contributed by atoms with E-state index in [-0.39, 0.29) is 25.7 Å². The fraction of sp³-hybridized carbons (Fsp3) is 0.308. The Bertz CT molecular complexity index is 957. The molecule has 28 heavy (non-hydrogen) atoms. The molecule has 2 aliphatic rings. The summed E-state index contributed by atoms with van der Waals surface area (Å²) in [5.74, 6) is 0. The summed E-state index contributed by atoms with van der Waals surface area (Å²) in [5, 5.41) is 5.25. The fourth-order valence-electron chi connectivity index (χ4n) is 3.46. The van der Waals surface area contributed by atoms with Crippen LogP contribution in [0.2, 0.25) is 0 Å². The van der Waals surface area contributed by atoms with Crippen molar-refractivity contribution in [1.82, 2.24) is 0 Å². The van der Waals surface area contributed by atoms with Crippen molar-refractivity contribution in [2.75, 3.05) is 0 Å². The fourth-order valence-corrected chi connectivity index (χ4v) is 3.46. The number of rotatable bonds is 0. The van der Waals surface area contributed by atoms with Gasteiger partial charge in [0.1, 0.15) is 0 Å². The van der Waals surface area contributed by atoms with E-state index in [1.165, 1.54) is 55.3 Å². The molecule has 0 spiro atoms. The molecule has 0 atom stereocenters. The Morgan fingerprint density at radius 2 is 1.00 bits per heavy atom. The minimum absolute atomic E-state index is 0. The molecule has 0 aromatic heterocycles. The number of benzene rings is 2. The molecule has 2 heteroatoms. The SMILES string of the molecule is Cc1cccc2c1=[C-]C(C)(C)C=2.Cc1cccc2c1=[C-]C(C)(C)C=2.[CH3-].[CH3-].[Si]=[Zr]. The van der Waals surface area contributed by atoms with Gasteiger partial charge in [0.05, 0.1) is 0 Å². The van der Waals surface area contributed by atoms with Crippen LogP contribution in [0.25, 0.3) is 24.3 Å². The van der Waals surface area contributed by atoms with E-state index in [2.05, 4.69) is 109 Å². The van der Waals surface area contributed by atoms with Crippen molar-refractivity contribution >= 4 is 31.2 Å². The number of hydrogen-bond acceptors (Lipinski definition) is 0. The second-order valence-electron chi connectivity index (χ2n) is 8.06. The molecule has 0 aliphatic heterocycles. The Hall–Kier alpha value is -0.980. The van der Waals surface area contributed by atoms with Gasteiger partial charge in [-0.15, -0.1) is 46.9 Å². The first-order valence-corrected chi connectivity index (χ1v) is 13.1. The quantitative estimate of drug-likeness (QED) is 0.415. The van der Waals surface area contributed by atoms with Gasteiger partial charge in [0.25, 0.3) is 0 Å². The average Bonchev–Trinajstić information content (AvgIpc) is 3.06. The van der Waals surface area contributed by atoms with E-state index in [0.29, 0.717) is 0 Å². The van der Waals surface area contributed by atoms with Crippen LogP contribution in [0.5, 0.6) is 0 Å². The molecule has 0 nitrogen and oxygen atoms in total. The van der Waals surface area contributed by atoms with Gasteiger partial charge in [-0.2, -0.15) is 33.7 Å². The van der Waals surface area contributed by atoms with Gasteiger partial charge in [-0.25, -0.2) is 0 Å². The predicted octanol–water partition coefficient (Wildman–Crippen LogP) is 3.46. The maximum absolute atomic E-state index is 3.49. The van der Waals surface area contributed by atoms with Crippen LogP contribution < -0.4 is 20.9 Å². The van der Waals surface area contributed by atoms with Crippen LogP contribution in [-0.4, -0.2) is 6.88 Å². The van der Waals surface area contributed by atoms with E-state index in [9.17, 15) is 0 Å². The summed E-state index contributed by atoms with van der Waals surface area (Å²) in [4.78, 5) is 0. The molecule has 148 valence electrons. The van der Waals surface area contributed by atoms with Crippen LogP contribution in [0.15, 0.2) is 36.4 Å². The summed E-state index contributed by atoms with van der Waals surface area (Å²) in [6, 6.07) is 12.8. The molecule has 0 amide bonds. The maximum atomic E-state index is 3.49. The van der Waals surface area contributed by atoms with Crippen LogP contribution >= 0.6 is 0 Å². The standard InChI is InChI=1S/2C12H13.2CH3.Si.Zr/c2*1-9-5-4-6-10-7-12(2,3)8-11(9)10;;;;/h2*4-7H,1-3H3;2*1H3;;/q4*-1;;. The molecule has 2 aromatic carbocycles. The van der Waals surface area contributed by atoms with Crippen molar-refractivity contribution < 1.29 is 23.3 Å². The van der Waals surface area contributed by atoms with E-state index in [4.69, 9.17) is 0 Å². The van der Waals surface area contributed by atoms with Crippen molar-refractivity contribution in [3.8, 4) is 0 Å². The molecule has 0 saturated heterocycles. The van der Waals surface area contributed by atoms with E-state index in [1.54, 1.807) is 0 Å². The van der Waals surface area contributed by atoms with E-state index in [0.717, 1.165) is 0 Å². The van der Waals surface area contributed by atoms with Crippen molar-refractivity contribution in [1.29, 1.82) is 0 Å². The van der Waals surface area contributed by atoms with Crippen molar-refractivity contribution in [3.63, 3.8) is 0 Å². The van der Waals surface area contributed by atoms with Gasteiger partial charge in [-0.05, 0) is 0 Å². The van der Waals surface area contributed by atoms with Gasteiger partial charge in [-0.3, -0.25) is 0 Å². The monoisotopic (exact) mass is 462 g/mol. The number of aryl methyl sites for hydroxylation is 2. The second-order valence-corrected chi connectivity index (χ2v) is 8.06. The van der Waals surface area contributed by atoms with Crippen LogP contribution in [0.1, 0.15) is 38.8 Å². The molecule has 0 N–H and O–H groups in total. The number of hydrogen-bond donors (Lipinski definition) is 0. The third kappa shape index (κ3) is 6.53. The summed E-state index contributed by atoms with van der Waals surface area (Å²) in [6.45, 7) is 16.1. The normalized spacial score (nSPS) is 15.5. The molecular weight excluding hydrogens is 432 g/mol. The summed E-state index contributed by atoms with van der Waals surface area (Å²) in [5.41, 5.74) is 2.90. The van der Waals surface area contributed by atoms with Crippen LogP contribution in [0.4, 0.5) is 0 Å². The molecule has 0 saturated carbocycles. The van der Waals surface area contributed by atoms with E-state index in [1.807, 2.05) is 0 Å². The van der Waals surface area contributed by atoms with Gasteiger partial charge in [0.2, 0.25) is 0 Å². The van der Waals surface area contributed by atoms with Crippen molar-refractivity contribution in [2.45, 2.75) is 41.5 Å². The summed E-state index contributed by atoms with van der Waals surface area (Å²) >= 11 is 1.36. The van der Waals surface area contributed by atoms with Gasteiger partial charge in [0.15, 0.2) is 0 Å². The van der Waals surface area contributed by atoms with Gasteiger partial charge < -0.3 is 14.9 Å². The van der Waals surface area contributed by atoms with Crippen LogP contribution in [-0.2, 0) is 23.3 Å². The predicted molar refractivity (Wildman–Crippen MR) is 123 cm³/mol. The zero-order valence-corrected chi connectivity index (χ0v) is 22.1. The second kappa shape index (κ2) is 10.7. The molecule has 4 rings (SSSR count). The number of fused-ring (bicyclic) bond motifs is 2. The molecule has 0 bridgehead atoms. The molecular formula is C26H32SiZr-4. The third-order valence-corrected chi connectivity index (χ3v) is 4.54. The molecule has 2 radical (unpaired) electrons. The van der Waals surface area contributed by atoms with Crippen molar-refractivity contribution in [3.05, 3.63) is 83.3 Å². The summed E-state index contributed by atoms with van der Waals surface area (Å²) < 4.78 is 0. The first kappa shape index (κ1) is 27.0. The molecule has 2 aliphatic carbocycles. The third-order valence-electron chi connectivity index (χ3n) is 4.54. The van der Waals surface area contributed by atoms with Gasteiger partial charge >= 0.3 is 30.2 Å². The first-order valence-electron chi connectivity index (χ1n) is 8.89. The minimum atomic E-state index is 0. The van der Waals surface area contributed by atoms with Gasteiger partial charge in [-0.1, -0.05) is 64.5 Å². The van der Waals surface area contributed by atoms with E-state index < -0.39 is 0 Å². The Morgan fingerprint density at radius 1 is 0.679 bits per heavy atom. The first-order chi connectivity index (χ1) is 12.2. The summed E-state index contributed by atoms with van der Waals surface area (Å²) in [6.07, 6.45) is 11.5. The Kier molecular flexibility index (Phi) is 10.3. The van der Waals surface area contributed by atoms with Gasteiger partial charge in [0, 0.05) is 0 Å². The van der Waals surface area contributed by atoms with Crippen LogP contribution in [0.3, 0.4) is 0 Å². The molecule has 0 heterocycles. The zero-order chi connectivity index (χ0) is 19.5. The zero-order valence-electron chi connectivity index (χ0n) is 18.6. The average molecular weight is 464 g/mol. The van der Waals surface area contributed by atoms with Crippen LogP contribution in [0, 0.1) is 39.5 Å². The summed E-state index contributed by atoms with van der Waals surface area (Å²) in [7, 11) is 0. The topological polar surface area (TPSA) is 0 Å². The molecule has 2 aromatic rings. The molecule has 0 unspecified atom stereocenters. The molecule has 0 fully saturated rings. The van der Waals surface area contributed by atoms with E-state index >= 15 is 0 Å². The Morgan fingerprint density at radius 3 is 1.29 bits per heavy atom. The van der Waals surface area contributed by atoms with Crippen molar-refractivity contribution in [2.24, 2.45) is 10.8 Å². The Labute approximate surface area is 189 Å². The Balaban J connectivity index is 0.000000449.